The van der Waals surface area contributed by atoms with Crippen molar-refractivity contribution < 1.29 is 0 Å². The van der Waals surface area contributed by atoms with E-state index in [1.54, 1.807) is 0 Å². The molecule has 0 bridgehead atoms. The summed E-state index contributed by atoms with van der Waals surface area (Å²) in [4.78, 5) is 2.32. The molecule has 17 heavy (non-hydrogen) atoms. The Hall–Kier alpha value is -0.350. The lowest BCUT2D eigenvalue weighted by atomic mass is 9.89. The van der Waals surface area contributed by atoms with Gasteiger partial charge < -0.3 is 15.5 Å². The van der Waals surface area contributed by atoms with Crippen molar-refractivity contribution in [2.45, 2.75) is 64.1 Å². The zero-order valence-corrected chi connectivity index (χ0v) is 12.7. The highest BCUT2D eigenvalue weighted by Crippen LogP contribution is 2.21. The van der Waals surface area contributed by atoms with Gasteiger partial charge in [0.2, 0.25) is 0 Å². The third-order valence-electron chi connectivity index (χ3n) is 3.20. The molecular formula is C13H27N3S. The summed E-state index contributed by atoms with van der Waals surface area (Å²) in [5.74, 6) is 0. The van der Waals surface area contributed by atoms with Gasteiger partial charge in [0, 0.05) is 17.6 Å². The Morgan fingerprint density at radius 3 is 2.29 bits per heavy atom. The Morgan fingerprint density at radius 2 is 1.76 bits per heavy atom. The lowest BCUT2D eigenvalue weighted by Gasteiger charge is -2.38. The summed E-state index contributed by atoms with van der Waals surface area (Å²) < 4.78 is 0. The van der Waals surface area contributed by atoms with Crippen LogP contribution in [0.25, 0.3) is 0 Å². The minimum atomic E-state index is 0.0341. The average molecular weight is 257 g/mol. The van der Waals surface area contributed by atoms with Crippen LogP contribution in [0, 0.1) is 0 Å². The minimum Gasteiger partial charge on any atom is -0.358 e. The second-order valence-electron chi connectivity index (χ2n) is 6.27. The highest BCUT2D eigenvalue weighted by Gasteiger charge is 2.27. The van der Waals surface area contributed by atoms with Gasteiger partial charge in [-0.3, -0.25) is 0 Å². The van der Waals surface area contributed by atoms with Gasteiger partial charge >= 0.3 is 0 Å². The van der Waals surface area contributed by atoms with Crippen molar-refractivity contribution in [2.24, 2.45) is 0 Å². The molecule has 0 radical (unpaired) electrons. The van der Waals surface area contributed by atoms with E-state index in [0.29, 0.717) is 12.1 Å². The van der Waals surface area contributed by atoms with Crippen LogP contribution in [0.5, 0.6) is 0 Å². The molecule has 0 aromatic rings. The fourth-order valence-corrected chi connectivity index (χ4v) is 2.90. The highest BCUT2D eigenvalue weighted by molar-refractivity contribution is 7.80. The molecule has 0 amide bonds. The van der Waals surface area contributed by atoms with E-state index < -0.39 is 0 Å². The van der Waals surface area contributed by atoms with E-state index in [-0.39, 0.29) is 5.54 Å². The highest BCUT2D eigenvalue weighted by atomic mass is 32.1. The topological polar surface area (TPSA) is 27.3 Å². The van der Waals surface area contributed by atoms with Crippen LogP contribution >= 0.6 is 12.2 Å². The molecular weight excluding hydrogens is 230 g/mol. The maximum atomic E-state index is 5.38. The van der Waals surface area contributed by atoms with Crippen molar-refractivity contribution in [3.63, 3.8) is 0 Å². The zero-order chi connectivity index (χ0) is 13.1. The van der Waals surface area contributed by atoms with E-state index in [2.05, 4.69) is 50.4 Å². The van der Waals surface area contributed by atoms with Crippen LogP contribution in [0.15, 0.2) is 0 Å². The largest absolute Gasteiger partial charge is 0.358 e. The van der Waals surface area contributed by atoms with Gasteiger partial charge in [0.1, 0.15) is 0 Å². The fraction of sp³-hybridized carbons (Fsp3) is 0.923. The molecule has 0 saturated heterocycles. The molecule has 2 unspecified atom stereocenters. The Kier molecular flexibility index (Phi) is 5.20. The van der Waals surface area contributed by atoms with E-state index in [4.69, 9.17) is 12.2 Å². The van der Waals surface area contributed by atoms with E-state index >= 15 is 0 Å². The number of likely N-dealkylation sites (N-methyl/N-ethyl adjacent to an activating group) is 1. The molecule has 4 heteroatoms. The summed E-state index contributed by atoms with van der Waals surface area (Å²) in [5.41, 5.74) is 0.0341. The Balaban J connectivity index is 2.50. The van der Waals surface area contributed by atoms with E-state index in [0.717, 1.165) is 5.11 Å². The van der Waals surface area contributed by atoms with Crippen LogP contribution in [-0.2, 0) is 0 Å². The third-order valence-corrected chi connectivity index (χ3v) is 3.42. The molecule has 1 saturated carbocycles. The lowest BCUT2D eigenvalue weighted by Crippen LogP contribution is -2.56. The van der Waals surface area contributed by atoms with Crippen molar-refractivity contribution in [1.82, 2.24) is 15.5 Å². The van der Waals surface area contributed by atoms with Crippen molar-refractivity contribution >= 4 is 17.3 Å². The van der Waals surface area contributed by atoms with Crippen LogP contribution in [0.4, 0.5) is 0 Å². The first-order chi connectivity index (χ1) is 7.79. The normalized spacial score (nSPS) is 25.8. The number of hydrogen-bond donors (Lipinski definition) is 2. The lowest BCUT2D eigenvalue weighted by molar-refractivity contribution is 0.189. The van der Waals surface area contributed by atoms with Crippen LogP contribution in [0.3, 0.4) is 0 Å². The summed E-state index contributed by atoms with van der Waals surface area (Å²) in [6.45, 7) is 6.39. The molecule has 2 atom stereocenters. The smallest absolute Gasteiger partial charge is 0.166 e. The van der Waals surface area contributed by atoms with E-state index in [1.807, 2.05) is 0 Å². The zero-order valence-electron chi connectivity index (χ0n) is 11.8. The first kappa shape index (κ1) is 14.7. The van der Waals surface area contributed by atoms with Crippen molar-refractivity contribution in [2.75, 3.05) is 14.1 Å². The molecule has 1 rings (SSSR count). The number of nitrogens with zero attached hydrogens (tertiary/aromatic N) is 1. The van der Waals surface area contributed by atoms with Crippen LogP contribution in [-0.4, -0.2) is 41.7 Å². The second kappa shape index (κ2) is 6.01. The SMILES string of the molecule is CN(C)C1CCCCC1NC(=S)NC(C)(C)C. The summed E-state index contributed by atoms with van der Waals surface area (Å²) in [7, 11) is 4.32. The molecule has 2 N–H and O–H groups in total. The second-order valence-corrected chi connectivity index (χ2v) is 6.68. The van der Waals surface area contributed by atoms with Gasteiger partial charge in [-0.15, -0.1) is 0 Å². The molecule has 0 heterocycles. The third kappa shape index (κ3) is 5.21. The van der Waals surface area contributed by atoms with Gasteiger partial charge in [-0.05, 0) is 59.9 Å². The molecule has 1 aliphatic rings. The Labute approximate surface area is 111 Å². The van der Waals surface area contributed by atoms with Crippen LogP contribution in [0.2, 0.25) is 0 Å². The number of nitrogens with one attached hydrogen (secondary N) is 2. The predicted octanol–water partition coefficient (Wildman–Crippen LogP) is 2.12. The molecule has 3 nitrogen and oxygen atoms in total. The first-order valence-electron chi connectivity index (χ1n) is 6.55. The van der Waals surface area contributed by atoms with Gasteiger partial charge in [0.15, 0.2) is 5.11 Å². The Bertz CT molecular complexity index is 258. The molecule has 1 aliphatic carbocycles. The molecule has 1 fully saturated rings. The van der Waals surface area contributed by atoms with Crippen LogP contribution < -0.4 is 10.6 Å². The molecule has 0 aliphatic heterocycles. The summed E-state index contributed by atoms with van der Waals surface area (Å²) in [6, 6.07) is 1.09. The van der Waals surface area contributed by atoms with Gasteiger partial charge in [0.05, 0.1) is 0 Å². The number of thiocarbonyl (C=S) groups is 1. The predicted molar refractivity (Wildman–Crippen MR) is 78.4 cm³/mol. The minimum absolute atomic E-state index is 0.0341. The van der Waals surface area contributed by atoms with Crippen LogP contribution in [0.1, 0.15) is 46.5 Å². The molecule has 0 spiro atoms. The summed E-state index contributed by atoms with van der Waals surface area (Å²) in [5, 5.41) is 7.60. The van der Waals surface area contributed by atoms with Crippen molar-refractivity contribution in [3.8, 4) is 0 Å². The Morgan fingerprint density at radius 1 is 1.18 bits per heavy atom. The molecule has 0 aromatic heterocycles. The van der Waals surface area contributed by atoms with E-state index in [1.165, 1.54) is 25.7 Å². The number of rotatable bonds is 2. The molecule has 0 aromatic carbocycles. The number of hydrogen-bond acceptors (Lipinski definition) is 2. The van der Waals surface area contributed by atoms with Gasteiger partial charge in [-0.2, -0.15) is 0 Å². The monoisotopic (exact) mass is 257 g/mol. The van der Waals surface area contributed by atoms with Crippen molar-refractivity contribution in [1.29, 1.82) is 0 Å². The van der Waals surface area contributed by atoms with E-state index in [9.17, 15) is 0 Å². The first-order valence-corrected chi connectivity index (χ1v) is 6.95. The van der Waals surface area contributed by atoms with Gasteiger partial charge in [0.25, 0.3) is 0 Å². The molecule has 100 valence electrons. The summed E-state index contributed by atoms with van der Waals surface area (Å²) in [6.07, 6.45) is 5.12. The maximum Gasteiger partial charge on any atom is 0.166 e. The quantitative estimate of drug-likeness (QED) is 0.741. The standard InChI is InChI=1S/C13H27N3S/c1-13(2,3)15-12(17)14-10-8-6-7-9-11(10)16(4)5/h10-11H,6-9H2,1-5H3,(H2,14,15,17). The average Bonchev–Trinajstić information content (AvgIpc) is 2.14. The summed E-state index contributed by atoms with van der Waals surface area (Å²) >= 11 is 5.38. The maximum absolute atomic E-state index is 5.38. The van der Waals surface area contributed by atoms with Gasteiger partial charge in [-0.25, -0.2) is 0 Å². The fourth-order valence-electron chi connectivity index (χ4n) is 2.44. The van der Waals surface area contributed by atoms with Gasteiger partial charge in [-0.1, -0.05) is 12.8 Å². The van der Waals surface area contributed by atoms with Crippen molar-refractivity contribution in [3.05, 3.63) is 0 Å².